The van der Waals surface area contributed by atoms with Gasteiger partial charge in [-0.1, -0.05) is 34.1 Å². The minimum atomic E-state index is -3.91. The van der Waals surface area contributed by atoms with E-state index < -0.39 is 47.7 Å². The van der Waals surface area contributed by atoms with Crippen molar-refractivity contribution >= 4 is 35.2 Å². The van der Waals surface area contributed by atoms with E-state index in [-0.39, 0.29) is 31.5 Å². The van der Waals surface area contributed by atoms with E-state index in [1.807, 2.05) is 13.8 Å². The Morgan fingerprint density at radius 2 is 1.28 bits per heavy atom. The Hall–Kier alpha value is -0.780. The van der Waals surface area contributed by atoms with Crippen molar-refractivity contribution < 1.29 is 67.8 Å². The van der Waals surface area contributed by atoms with Crippen molar-refractivity contribution in [2.45, 2.75) is 92.0 Å². The van der Waals surface area contributed by atoms with Crippen LogP contribution in [0.4, 0.5) is 0 Å². The van der Waals surface area contributed by atoms with Gasteiger partial charge >= 0.3 is 35.2 Å². The maximum Gasteiger partial charge on any atom is 0.502 e. The van der Waals surface area contributed by atoms with Gasteiger partial charge in [0.15, 0.2) is 12.8 Å². The Morgan fingerprint density at radius 1 is 0.917 bits per heavy atom. The van der Waals surface area contributed by atoms with Crippen molar-refractivity contribution in [3.8, 4) is 0 Å². The lowest BCUT2D eigenvalue weighted by molar-refractivity contribution is -0.146. The fourth-order valence-corrected chi connectivity index (χ4v) is 3.36. The molecule has 6 unspecified atom stereocenters. The molecule has 0 rings (SSSR count). The predicted octanol–water partition coefficient (Wildman–Crippen LogP) is 3.47. The van der Waals surface area contributed by atoms with Crippen LogP contribution in [0.15, 0.2) is 0 Å². The second-order valence-corrected chi connectivity index (χ2v) is 11.8. The first-order valence-corrected chi connectivity index (χ1v) is 16.1. The molecular formula is C19H48O14P3+. The molecule has 222 valence electrons. The van der Waals surface area contributed by atoms with E-state index in [0.29, 0.717) is 0 Å². The number of carboxylic acid groups (broad SMARTS) is 2. The SMILES string of the molecule is C.CCCC(C)O.CCCC(C)OP(C)(=O)O.CP(=O)(O)OC(CCC(=O)O)C(=O)O.C[P+](=O)O.O. The highest BCUT2D eigenvalue weighted by atomic mass is 31.2. The number of carboxylic acids is 2. The van der Waals surface area contributed by atoms with Gasteiger partial charge in [0.25, 0.3) is 0 Å². The number of aliphatic hydroxyl groups excluding tert-OH is 1. The molecule has 0 bridgehead atoms. The topological polar surface area (TPSA) is 257 Å². The van der Waals surface area contributed by atoms with Gasteiger partial charge in [-0.25, -0.2) is 4.79 Å². The molecule has 0 amide bonds. The lowest BCUT2D eigenvalue weighted by atomic mass is 10.2. The molecule has 0 saturated carbocycles. The molecule has 8 N–H and O–H groups in total. The Bertz CT molecular complexity index is 641. The minimum absolute atomic E-state index is 0. The Balaban J connectivity index is -0.0000000898. The van der Waals surface area contributed by atoms with Crippen LogP contribution in [0.25, 0.3) is 0 Å². The van der Waals surface area contributed by atoms with Gasteiger partial charge in [0.2, 0.25) is 0 Å². The Morgan fingerprint density at radius 3 is 1.47 bits per heavy atom. The molecule has 0 heterocycles. The predicted molar refractivity (Wildman–Crippen MR) is 139 cm³/mol. The lowest BCUT2D eigenvalue weighted by Gasteiger charge is -2.13. The first-order valence-electron chi connectivity index (χ1n) is 10.4. The molecule has 0 aromatic rings. The quantitative estimate of drug-likeness (QED) is 0.177. The number of aliphatic hydroxyl groups is 1. The summed E-state index contributed by atoms with van der Waals surface area (Å²) in [4.78, 5) is 45.6. The highest BCUT2D eigenvalue weighted by Crippen LogP contribution is 2.39. The van der Waals surface area contributed by atoms with Crippen LogP contribution in [0.3, 0.4) is 0 Å². The molecule has 0 aromatic heterocycles. The van der Waals surface area contributed by atoms with Gasteiger partial charge in [0.1, 0.15) is 0 Å². The normalized spacial score (nSPS) is 15.8. The van der Waals surface area contributed by atoms with Crippen molar-refractivity contribution in [3.05, 3.63) is 0 Å². The van der Waals surface area contributed by atoms with Crippen LogP contribution in [0.1, 0.15) is 73.6 Å². The van der Waals surface area contributed by atoms with E-state index in [9.17, 15) is 18.7 Å². The van der Waals surface area contributed by atoms with E-state index in [4.69, 9.17) is 39.1 Å². The lowest BCUT2D eigenvalue weighted by Crippen LogP contribution is -2.23. The molecular weight excluding hydrogens is 545 g/mol. The van der Waals surface area contributed by atoms with Crippen molar-refractivity contribution in [1.82, 2.24) is 0 Å². The van der Waals surface area contributed by atoms with Crippen LogP contribution >= 0.6 is 23.2 Å². The average molecular weight is 594 g/mol. The summed E-state index contributed by atoms with van der Waals surface area (Å²) in [6.45, 7) is 11.0. The van der Waals surface area contributed by atoms with E-state index >= 15 is 0 Å². The zero-order valence-corrected chi connectivity index (χ0v) is 24.0. The fraction of sp³-hybridized carbons (Fsp3) is 0.895. The molecule has 0 aliphatic heterocycles. The van der Waals surface area contributed by atoms with Crippen molar-refractivity contribution in [3.63, 3.8) is 0 Å². The third-order valence-electron chi connectivity index (χ3n) is 3.00. The van der Waals surface area contributed by atoms with Crippen molar-refractivity contribution in [2.75, 3.05) is 20.0 Å². The molecule has 6 atom stereocenters. The maximum absolute atomic E-state index is 10.7. The smallest absolute Gasteiger partial charge is 0.481 e. The van der Waals surface area contributed by atoms with Crippen LogP contribution < -0.4 is 0 Å². The second kappa shape index (κ2) is 27.3. The number of aliphatic carboxylic acids is 2. The largest absolute Gasteiger partial charge is 0.502 e. The minimum Gasteiger partial charge on any atom is -0.481 e. The standard InChI is InChI=1S/C6H11O7P.C6H15O3P.C5H12O.CH3O2P.CH4.H2O/c1-14(11,12)13-4(6(9)10)2-3-5(7)8;1-4-5-6(2)9-10(3,7)8;1-3-4-5(2)6;1-4(2)3;;/h4H,2-3H2,1H3,(H,7,8)(H,9,10)(H,11,12);6H,4-5H2,1-3H3,(H,7,8);5-6H,3-4H2,1-2H3;1H3;1H4;1H2/p+1. The van der Waals surface area contributed by atoms with Crippen molar-refractivity contribution in [2.24, 2.45) is 0 Å². The molecule has 0 aromatic carbocycles. The number of hydrogen-bond acceptors (Lipinski definition) is 8. The number of hydrogen-bond donors (Lipinski definition) is 6. The van der Waals surface area contributed by atoms with E-state index in [2.05, 4.69) is 11.4 Å². The molecule has 0 aliphatic carbocycles. The zero-order chi connectivity index (χ0) is 28.1. The number of carbonyl (C=O) groups is 2. The van der Waals surface area contributed by atoms with Gasteiger partial charge in [0.05, 0.1) is 12.2 Å². The molecule has 36 heavy (non-hydrogen) atoms. The van der Waals surface area contributed by atoms with E-state index in [1.54, 1.807) is 6.92 Å². The van der Waals surface area contributed by atoms with E-state index in [1.165, 1.54) is 13.3 Å². The third kappa shape index (κ3) is 58.8. The second-order valence-electron chi connectivity index (χ2n) is 7.28. The van der Waals surface area contributed by atoms with Gasteiger partial charge in [0, 0.05) is 19.8 Å². The summed E-state index contributed by atoms with van der Waals surface area (Å²) in [6.07, 6.45) is 1.27. The van der Waals surface area contributed by atoms with Gasteiger partial charge < -0.3 is 35.1 Å². The Labute approximate surface area is 215 Å². The summed E-state index contributed by atoms with van der Waals surface area (Å²) in [5.41, 5.74) is 0. The van der Waals surface area contributed by atoms with Gasteiger partial charge in [-0.2, -0.15) is 4.89 Å². The summed E-state index contributed by atoms with van der Waals surface area (Å²) < 4.78 is 39.6. The van der Waals surface area contributed by atoms with Crippen LogP contribution in [0, 0.1) is 0 Å². The summed E-state index contributed by atoms with van der Waals surface area (Å²) in [7, 11) is -9.03. The van der Waals surface area contributed by atoms with Crippen LogP contribution in [0.5, 0.6) is 0 Å². The highest BCUT2D eigenvalue weighted by Gasteiger charge is 2.26. The molecule has 0 spiro atoms. The first kappa shape index (κ1) is 48.3. The fourth-order valence-electron chi connectivity index (χ4n) is 1.92. The third-order valence-corrected chi connectivity index (χ3v) is 4.39. The van der Waals surface area contributed by atoms with Crippen LogP contribution in [0.2, 0.25) is 0 Å². The molecule has 0 aliphatic rings. The molecule has 0 fully saturated rings. The summed E-state index contributed by atoms with van der Waals surface area (Å²) in [5.74, 6) is -2.65. The molecule has 0 radical (unpaired) electrons. The summed E-state index contributed by atoms with van der Waals surface area (Å²) in [5, 5.41) is 25.3. The highest BCUT2D eigenvalue weighted by molar-refractivity contribution is 7.52. The van der Waals surface area contributed by atoms with Crippen LogP contribution in [-0.2, 0) is 32.3 Å². The Kier molecular flexibility index (Phi) is 36.6. The van der Waals surface area contributed by atoms with Gasteiger partial charge in [-0.05, 0) is 37.7 Å². The molecule has 0 saturated heterocycles. The number of rotatable bonds is 12. The van der Waals surface area contributed by atoms with Crippen LogP contribution in [-0.4, -0.2) is 85.7 Å². The average Bonchev–Trinajstić information content (AvgIpc) is 2.56. The first-order chi connectivity index (χ1) is 15.2. The maximum atomic E-state index is 10.7. The van der Waals surface area contributed by atoms with Gasteiger partial charge in [-0.15, -0.1) is 0 Å². The zero-order valence-electron chi connectivity index (χ0n) is 21.4. The monoisotopic (exact) mass is 593 g/mol. The summed E-state index contributed by atoms with van der Waals surface area (Å²) in [6, 6.07) is 0. The van der Waals surface area contributed by atoms with E-state index in [0.717, 1.165) is 32.3 Å². The van der Waals surface area contributed by atoms with Crippen molar-refractivity contribution in [1.29, 1.82) is 0 Å². The molecule has 14 nitrogen and oxygen atoms in total. The summed E-state index contributed by atoms with van der Waals surface area (Å²) >= 11 is 0. The van der Waals surface area contributed by atoms with Gasteiger partial charge in [-0.3, -0.25) is 18.4 Å². The molecule has 17 heteroatoms.